The fourth-order valence-corrected chi connectivity index (χ4v) is 11.6. The van der Waals surface area contributed by atoms with E-state index in [1.807, 2.05) is 0 Å². The highest BCUT2D eigenvalue weighted by Gasteiger charge is 2.20. The van der Waals surface area contributed by atoms with Crippen molar-refractivity contribution in [1.82, 2.24) is 5.32 Å². The van der Waals surface area contributed by atoms with Crippen molar-refractivity contribution >= 4 is 11.9 Å². The molecule has 0 spiro atoms. The zero-order chi connectivity index (χ0) is 56.4. The Labute approximate surface area is 489 Å². The average Bonchev–Trinajstić information content (AvgIpc) is 3.44. The van der Waals surface area contributed by atoms with Crippen LogP contribution in [-0.4, -0.2) is 47.4 Å². The zero-order valence-electron chi connectivity index (χ0n) is 53.2. The molecule has 0 heterocycles. The van der Waals surface area contributed by atoms with E-state index in [2.05, 4.69) is 31.3 Å². The molecule has 0 bridgehead atoms. The smallest absolute Gasteiger partial charge is 0.305 e. The summed E-state index contributed by atoms with van der Waals surface area (Å²) in [4.78, 5) is 24.7. The van der Waals surface area contributed by atoms with Crippen LogP contribution in [-0.2, 0) is 14.3 Å². The second kappa shape index (κ2) is 68.1. The summed E-state index contributed by atoms with van der Waals surface area (Å²) < 4.78 is 5.51. The molecule has 2 unspecified atom stereocenters. The number of unbranched alkanes of at least 4 members (excludes halogenated alkanes) is 55. The highest BCUT2D eigenvalue weighted by Crippen LogP contribution is 2.19. The third kappa shape index (κ3) is 63.8. The minimum Gasteiger partial charge on any atom is -0.466 e. The van der Waals surface area contributed by atoms with Crippen LogP contribution < -0.4 is 5.32 Å². The number of nitrogens with one attached hydrogen (secondary N) is 1. The molecule has 1 amide bonds. The standard InChI is InChI=1S/C72H141NO5/c1-3-5-7-9-11-13-15-17-19-21-23-24-25-26-29-32-36-40-44-48-52-56-60-64-70(75)69(68-74)73-71(76)65-61-57-53-49-45-41-37-33-30-27-31-35-39-43-47-51-55-59-63-67-78-72(77)66-62-58-54-50-46-42-38-34-28-22-20-18-16-14-12-10-8-6-4-2/h18,20,69-70,74-75H,3-17,19,21-68H2,1-2H3,(H,73,76)/b20-18-. The highest BCUT2D eigenvalue weighted by atomic mass is 16.5. The largest absolute Gasteiger partial charge is 0.466 e. The zero-order valence-corrected chi connectivity index (χ0v) is 53.2. The topological polar surface area (TPSA) is 95.9 Å². The minimum absolute atomic E-state index is 0.0102. The van der Waals surface area contributed by atoms with E-state index in [4.69, 9.17) is 4.74 Å². The maximum atomic E-state index is 12.6. The monoisotopic (exact) mass is 1100 g/mol. The van der Waals surface area contributed by atoms with Gasteiger partial charge in [0.1, 0.15) is 0 Å². The van der Waals surface area contributed by atoms with Crippen LogP contribution in [0.4, 0.5) is 0 Å². The summed E-state index contributed by atoms with van der Waals surface area (Å²) >= 11 is 0. The summed E-state index contributed by atoms with van der Waals surface area (Å²) in [5.74, 6) is -0.0223. The number of carbonyl (C=O) groups is 2. The van der Waals surface area contributed by atoms with E-state index in [1.165, 1.54) is 334 Å². The number of rotatable bonds is 68. The summed E-state index contributed by atoms with van der Waals surface area (Å²) in [7, 11) is 0. The maximum Gasteiger partial charge on any atom is 0.305 e. The van der Waals surface area contributed by atoms with Gasteiger partial charge in [0.2, 0.25) is 5.91 Å². The maximum absolute atomic E-state index is 12.6. The van der Waals surface area contributed by atoms with E-state index in [0.29, 0.717) is 25.9 Å². The SMILES string of the molecule is CCCCCCCC/C=C\CCCCCCCCCCCC(=O)OCCCCCCCCCCCCCCCCCCCCCC(=O)NC(CO)C(O)CCCCCCCCCCCCCCCCCCCCCCCCC. The average molecular weight is 1100 g/mol. The lowest BCUT2D eigenvalue weighted by molar-refractivity contribution is -0.143. The third-order valence-electron chi connectivity index (χ3n) is 17.1. The van der Waals surface area contributed by atoms with Gasteiger partial charge in [-0.05, 0) is 51.4 Å². The number of carbonyl (C=O) groups excluding carboxylic acids is 2. The summed E-state index contributed by atoms with van der Waals surface area (Å²) in [6.07, 6.45) is 84.0. The van der Waals surface area contributed by atoms with E-state index < -0.39 is 12.1 Å². The molecule has 0 aromatic heterocycles. The highest BCUT2D eigenvalue weighted by molar-refractivity contribution is 5.76. The van der Waals surface area contributed by atoms with Crippen LogP contribution in [0.3, 0.4) is 0 Å². The number of allylic oxidation sites excluding steroid dienone is 2. The second-order valence-electron chi connectivity index (χ2n) is 24.9. The van der Waals surface area contributed by atoms with Crippen molar-refractivity contribution in [1.29, 1.82) is 0 Å². The first kappa shape index (κ1) is 76.6. The molecular weight excluding hydrogens is 959 g/mol. The van der Waals surface area contributed by atoms with Gasteiger partial charge in [-0.3, -0.25) is 9.59 Å². The van der Waals surface area contributed by atoms with Gasteiger partial charge >= 0.3 is 5.97 Å². The Balaban J connectivity index is 3.38. The van der Waals surface area contributed by atoms with E-state index in [1.54, 1.807) is 0 Å². The summed E-state index contributed by atoms with van der Waals surface area (Å²) in [5.41, 5.74) is 0. The van der Waals surface area contributed by atoms with Crippen LogP contribution in [0, 0.1) is 0 Å². The molecule has 0 aromatic carbocycles. The van der Waals surface area contributed by atoms with E-state index in [0.717, 1.165) is 44.9 Å². The Morgan fingerprint density at radius 3 is 0.910 bits per heavy atom. The number of aliphatic hydroxyl groups excluding tert-OH is 2. The van der Waals surface area contributed by atoms with Gasteiger partial charge in [-0.2, -0.15) is 0 Å². The number of hydrogen-bond donors (Lipinski definition) is 3. The number of amides is 1. The molecule has 0 saturated heterocycles. The number of esters is 1. The van der Waals surface area contributed by atoms with Crippen LogP contribution in [0.15, 0.2) is 12.2 Å². The minimum atomic E-state index is -0.667. The first-order chi connectivity index (χ1) is 38.5. The van der Waals surface area contributed by atoms with Crippen molar-refractivity contribution in [3.63, 3.8) is 0 Å². The third-order valence-corrected chi connectivity index (χ3v) is 17.1. The molecule has 0 radical (unpaired) electrons. The Kier molecular flexibility index (Phi) is 66.9. The summed E-state index contributed by atoms with van der Waals surface area (Å²) in [5, 5.41) is 23.4. The van der Waals surface area contributed by atoms with Crippen molar-refractivity contribution in [2.75, 3.05) is 13.2 Å². The van der Waals surface area contributed by atoms with Crippen LogP contribution in [0.5, 0.6) is 0 Å². The van der Waals surface area contributed by atoms with Gasteiger partial charge in [0.05, 0.1) is 25.4 Å². The van der Waals surface area contributed by atoms with Gasteiger partial charge in [-0.15, -0.1) is 0 Å². The fraction of sp³-hybridized carbons (Fsp3) is 0.944. The number of hydrogen-bond acceptors (Lipinski definition) is 5. The van der Waals surface area contributed by atoms with E-state index in [-0.39, 0.29) is 18.5 Å². The van der Waals surface area contributed by atoms with E-state index >= 15 is 0 Å². The molecule has 0 aliphatic carbocycles. The van der Waals surface area contributed by atoms with Crippen LogP contribution >= 0.6 is 0 Å². The van der Waals surface area contributed by atoms with Gasteiger partial charge in [-0.25, -0.2) is 0 Å². The molecule has 3 N–H and O–H groups in total. The first-order valence-corrected chi connectivity index (χ1v) is 35.9. The molecular formula is C72H141NO5. The second-order valence-corrected chi connectivity index (χ2v) is 24.9. The van der Waals surface area contributed by atoms with Gasteiger partial charge in [0.25, 0.3) is 0 Å². The normalized spacial score (nSPS) is 12.5. The van der Waals surface area contributed by atoms with Crippen molar-refractivity contribution < 1.29 is 24.5 Å². The van der Waals surface area contributed by atoms with Crippen molar-refractivity contribution in [3.05, 3.63) is 12.2 Å². The lowest BCUT2D eigenvalue weighted by atomic mass is 10.0. The molecule has 0 aliphatic heterocycles. The van der Waals surface area contributed by atoms with E-state index in [9.17, 15) is 19.8 Å². The van der Waals surface area contributed by atoms with Gasteiger partial charge < -0.3 is 20.3 Å². The molecule has 464 valence electrons. The Morgan fingerprint density at radius 1 is 0.346 bits per heavy atom. The van der Waals surface area contributed by atoms with Crippen LogP contribution in [0.2, 0.25) is 0 Å². The quantitative estimate of drug-likeness (QED) is 0.0320. The Morgan fingerprint density at radius 2 is 0.603 bits per heavy atom. The molecule has 6 nitrogen and oxygen atoms in total. The molecule has 0 aliphatic rings. The molecule has 0 rings (SSSR count). The Bertz CT molecular complexity index is 1180. The summed E-state index contributed by atoms with van der Waals surface area (Å²) in [6.45, 7) is 4.99. The lowest BCUT2D eigenvalue weighted by Gasteiger charge is -2.22. The Hall–Kier alpha value is -1.40. The summed E-state index contributed by atoms with van der Waals surface area (Å²) in [6, 6.07) is -0.545. The van der Waals surface area contributed by atoms with Crippen molar-refractivity contribution in [2.45, 2.75) is 424 Å². The fourth-order valence-electron chi connectivity index (χ4n) is 11.6. The molecule has 2 atom stereocenters. The van der Waals surface area contributed by atoms with Crippen molar-refractivity contribution in [2.24, 2.45) is 0 Å². The number of ether oxygens (including phenoxy) is 1. The van der Waals surface area contributed by atoms with Crippen molar-refractivity contribution in [3.8, 4) is 0 Å². The molecule has 0 saturated carbocycles. The van der Waals surface area contributed by atoms with Crippen LogP contribution in [0.1, 0.15) is 412 Å². The van der Waals surface area contributed by atoms with Gasteiger partial charge in [0, 0.05) is 12.8 Å². The first-order valence-electron chi connectivity index (χ1n) is 35.9. The van der Waals surface area contributed by atoms with Crippen LogP contribution in [0.25, 0.3) is 0 Å². The predicted octanol–water partition coefficient (Wildman–Crippen LogP) is 23.1. The predicted molar refractivity (Wildman–Crippen MR) is 343 cm³/mol. The molecule has 6 heteroatoms. The lowest BCUT2D eigenvalue weighted by Crippen LogP contribution is -2.45. The number of aliphatic hydroxyl groups is 2. The molecule has 0 fully saturated rings. The van der Waals surface area contributed by atoms with Gasteiger partial charge in [0.15, 0.2) is 0 Å². The molecule has 78 heavy (non-hydrogen) atoms. The molecule has 0 aromatic rings. The van der Waals surface area contributed by atoms with Gasteiger partial charge in [-0.1, -0.05) is 360 Å².